The number of likely N-dealkylation sites (tertiary alicyclic amines) is 1. The first-order valence-electron chi connectivity index (χ1n) is 12.1. The molecule has 198 valence electrons. The van der Waals surface area contributed by atoms with Crippen molar-refractivity contribution in [1.82, 2.24) is 9.62 Å². The Morgan fingerprint density at radius 3 is 2.70 bits per heavy atom. The molecule has 2 heterocycles. The molecule has 2 atom stereocenters. The van der Waals surface area contributed by atoms with Gasteiger partial charge in [-0.3, -0.25) is 14.4 Å². The van der Waals surface area contributed by atoms with E-state index in [1.54, 1.807) is 0 Å². The molecule has 2 aromatic rings. The van der Waals surface area contributed by atoms with Crippen LogP contribution in [0.25, 0.3) is 0 Å². The van der Waals surface area contributed by atoms with Crippen molar-refractivity contribution in [3.05, 3.63) is 53.6 Å². The zero-order valence-electron chi connectivity index (χ0n) is 20.1. The van der Waals surface area contributed by atoms with Gasteiger partial charge in [-0.05, 0) is 67.6 Å². The molecule has 2 aromatic carbocycles. The molecule has 0 bridgehead atoms. The maximum Gasteiger partial charge on any atom is 0.259 e. The van der Waals surface area contributed by atoms with E-state index in [0.29, 0.717) is 49.7 Å². The number of nitrogens with one attached hydrogen (secondary N) is 1. The minimum Gasteiger partial charge on any atom is -0.490 e. The Balaban J connectivity index is 1.41. The largest absolute Gasteiger partial charge is 0.490 e. The van der Waals surface area contributed by atoms with Crippen LogP contribution in [0.5, 0.6) is 11.5 Å². The summed E-state index contributed by atoms with van der Waals surface area (Å²) in [6.07, 6.45) is 0.790. The van der Waals surface area contributed by atoms with Gasteiger partial charge in [-0.15, -0.1) is 0 Å². The summed E-state index contributed by atoms with van der Waals surface area (Å²) >= 11 is 0.903. The second-order valence-corrected chi connectivity index (χ2v) is 9.85. The number of rotatable bonds is 11. The molecule has 1 amide bonds. The SMILES string of the molecule is N#Cc1cc(SNC(=O)C2CCCCO2)cc(F)c1OC(CCN1CC(F)C1)COc1ccc(F)cc1. The molecular formula is C26H28F3N3O4S. The number of nitriles is 1. The first-order valence-corrected chi connectivity index (χ1v) is 13.0. The molecule has 0 aromatic heterocycles. The van der Waals surface area contributed by atoms with Gasteiger partial charge < -0.3 is 14.2 Å². The van der Waals surface area contributed by atoms with Gasteiger partial charge in [-0.1, -0.05) is 0 Å². The van der Waals surface area contributed by atoms with Crippen molar-refractivity contribution >= 4 is 17.9 Å². The minimum atomic E-state index is -0.854. The molecule has 0 saturated carbocycles. The van der Waals surface area contributed by atoms with E-state index >= 15 is 4.39 Å². The molecule has 1 N–H and O–H groups in total. The van der Waals surface area contributed by atoms with Crippen LogP contribution in [0.3, 0.4) is 0 Å². The van der Waals surface area contributed by atoms with Gasteiger partial charge >= 0.3 is 0 Å². The van der Waals surface area contributed by atoms with Crippen LogP contribution in [0.1, 0.15) is 31.2 Å². The standard InChI is InChI=1S/C26H28F3N3O4S/c27-18-4-6-20(7-5-18)35-16-21(8-9-32-14-19(28)15-32)36-25-17(13-30)11-22(12-23(25)29)37-31-26(33)24-3-1-2-10-34-24/h4-7,11-12,19,21,24H,1-3,8-10,14-16H2,(H,31,33). The number of benzene rings is 2. The van der Waals surface area contributed by atoms with Crippen LogP contribution in [0.4, 0.5) is 13.2 Å². The van der Waals surface area contributed by atoms with Gasteiger partial charge in [0.15, 0.2) is 11.6 Å². The molecule has 2 unspecified atom stereocenters. The van der Waals surface area contributed by atoms with Gasteiger partial charge in [0.2, 0.25) is 0 Å². The average Bonchev–Trinajstić information content (AvgIpc) is 2.89. The van der Waals surface area contributed by atoms with E-state index in [4.69, 9.17) is 14.2 Å². The van der Waals surface area contributed by atoms with E-state index in [1.165, 1.54) is 36.4 Å². The Hall–Kier alpha value is -2.94. The fourth-order valence-corrected chi connectivity index (χ4v) is 4.72. The molecule has 2 fully saturated rings. The first kappa shape index (κ1) is 27.1. The van der Waals surface area contributed by atoms with Crippen molar-refractivity contribution < 1.29 is 32.2 Å². The number of carbonyl (C=O) groups excluding carboxylic acids is 1. The fraction of sp³-hybridized carbons (Fsp3) is 0.462. The van der Waals surface area contributed by atoms with Crippen LogP contribution in [0.15, 0.2) is 41.3 Å². The lowest BCUT2D eigenvalue weighted by atomic mass is 10.1. The van der Waals surface area contributed by atoms with Crippen LogP contribution in [-0.4, -0.2) is 62.0 Å². The van der Waals surface area contributed by atoms with Crippen molar-refractivity contribution in [3.63, 3.8) is 0 Å². The molecular weight excluding hydrogens is 507 g/mol. The number of hydrogen-bond donors (Lipinski definition) is 1. The Kier molecular flexibility index (Phi) is 9.55. The number of amides is 1. The molecule has 2 aliphatic rings. The fourth-order valence-electron chi connectivity index (χ4n) is 4.03. The quantitative estimate of drug-likeness (QED) is 0.427. The molecule has 7 nitrogen and oxygen atoms in total. The van der Waals surface area contributed by atoms with Gasteiger partial charge in [0.05, 0.1) is 5.56 Å². The molecule has 11 heteroatoms. The first-order chi connectivity index (χ1) is 17.9. The zero-order valence-corrected chi connectivity index (χ0v) is 20.9. The molecule has 0 aliphatic carbocycles. The summed E-state index contributed by atoms with van der Waals surface area (Å²) in [5.74, 6) is -1.28. The second-order valence-electron chi connectivity index (χ2n) is 8.97. The van der Waals surface area contributed by atoms with Crippen LogP contribution < -0.4 is 14.2 Å². The van der Waals surface area contributed by atoms with Gasteiger partial charge in [0.1, 0.15) is 42.6 Å². The predicted octanol–water partition coefficient (Wildman–Crippen LogP) is 4.40. The molecule has 37 heavy (non-hydrogen) atoms. The topological polar surface area (TPSA) is 83.8 Å². The summed E-state index contributed by atoms with van der Waals surface area (Å²) in [5, 5.41) is 9.66. The van der Waals surface area contributed by atoms with E-state index in [2.05, 4.69) is 4.72 Å². The summed E-state index contributed by atoms with van der Waals surface area (Å²) < 4.78 is 61.2. The summed E-state index contributed by atoms with van der Waals surface area (Å²) in [4.78, 5) is 14.5. The van der Waals surface area contributed by atoms with E-state index in [9.17, 15) is 18.8 Å². The molecule has 2 aliphatic heterocycles. The summed E-state index contributed by atoms with van der Waals surface area (Å²) in [5.41, 5.74) is -0.0368. The lowest BCUT2D eigenvalue weighted by Gasteiger charge is -2.35. The normalized spacial score (nSPS) is 18.9. The van der Waals surface area contributed by atoms with E-state index in [1.807, 2.05) is 11.0 Å². The van der Waals surface area contributed by atoms with E-state index in [0.717, 1.165) is 24.8 Å². The third-order valence-corrected chi connectivity index (χ3v) is 6.87. The number of nitrogens with zero attached hydrogens (tertiary/aromatic N) is 2. The van der Waals surface area contributed by atoms with Crippen molar-refractivity contribution in [1.29, 1.82) is 5.26 Å². The van der Waals surface area contributed by atoms with Gasteiger partial charge in [-0.25, -0.2) is 13.2 Å². The minimum absolute atomic E-state index is 0.0107. The lowest BCUT2D eigenvalue weighted by Crippen LogP contribution is -2.49. The smallest absolute Gasteiger partial charge is 0.259 e. The Morgan fingerprint density at radius 2 is 2.03 bits per heavy atom. The second kappa shape index (κ2) is 13.0. The van der Waals surface area contributed by atoms with Crippen molar-refractivity contribution in [2.45, 2.75) is 49.0 Å². The number of hydrogen-bond acceptors (Lipinski definition) is 7. The maximum atomic E-state index is 15.1. The average molecular weight is 536 g/mol. The zero-order chi connectivity index (χ0) is 26.2. The maximum absolute atomic E-state index is 15.1. The number of alkyl halides is 1. The van der Waals surface area contributed by atoms with E-state index < -0.39 is 30.0 Å². The molecule has 0 spiro atoms. The Labute approximate surface area is 218 Å². The van der Waals surface area contributed by atoms with Crippen molar-refractivity contribution in [2.75, 3.05) is 32.8 Å². The van der Waals surface area contributed by atoms with Crippen molar-refractivity contribution in [3.8, 4) is 17.6 Å². The van der Waals surface area contributed by atoms with Crippen LogP contribution in [0.2, 0.25) is 0 Å². The molecule has 0 radical (unpaired) electrons. The third kappa shape index (κ3) is 7.77. The highest BCUT2D eigenvalue weighted by molar-refractivity contribution is 7.98. The van der Waals surface area contributed by atoms with Gasteiger partial charge in [0.25, 0.3) is 5.91 Å². The highest BCUT2D eigenvalue weighted by atomic mass is 32.2. The van der Waals surface area contributed by atoms with Gasteiger partial charge in [-0.2, -0.15) is 5.26 Å². The number of carbonyl (C=O) groups is 1. The molecule has 2 saturated heterocycles. The van der Waals surface area contributed by atoms with Gasteiger partial charge in [0, 0.05) is 37.6 Å². The summed E-state index contributed by atoms with van der Waals surface area (Å²) in [6, 6.07) is 10.0. The monoisotopic (exact) mass is 535 g/mol. The molecule has 4 rings (SSSR count). The third-order valence-electron chi connectivity index (χ3n) is 6.09. The van der Waals surface area contributed by atoms with E-state index in [-0.39, 0.29) is 23.8 Å². The number of ether oxygens (including phenoxy) is 3. The highest BCUT2D eigenvalue weighted by Gasteiger charge is 2.28. The Morgan fingerprint density at radius 1 is 1.24 bits per heavy atom. The summed E-state index contributed by atoms with van der Waals surface area (Å²) in [7, 11) is 0. The number of halogens is 3. The van der Waals surface area contributed by atoms with Crippen LogP contribution in [0, 0.1) is 23.0 Å². The lowest BCUT2D eigenvalue weighted by molar-refractivity contribution is -0.133. The predicted molar refractivity (Wildman–Crippen MR) is 131 cm³/mol. The summed E-state index contributed by atoms with van der Waals surface area (Å²) in [6.45, 7) is 1.70. The van der Waals surface area contributed by atoms with Crippen LogP contribution >= 0.6 is 11.9 Å². The van der Waals surface area contributed by atoms with Crippen LogP contribution in [-0.2, 0) is 9.53 Å². The van der Waals surface area contributed by atoms with Crippen molar-refractivity contribution in [2.24, 2.45) is 0 Å². The highest BCUT2D eigenvalue weighted by Crippen LogP contribution is 2.30. The Bertz CT molecular complexity index is 1100.